The van der Waals surface area contributed by atoms with E-state index in [1.807, 2.05) is 24.3 Å². The lowest BCUT2D eigenvalue weighted by Gasteiger charge is -2.22. The third-order valence-electron chi connectivity index (χ3n) is 4.63. The molecule has 22 heavy (non-hydrogen) atoms. The predicted octanol–water partition coefficient (Wildman–Crippen LogP) is 5.09. The first-order valence-electron chi connectivity index (χ1n) is 7.70. The van der Waals surface area contributed by atoms with Gasteiger partial charge in [-0.2, -0.15) is 5.10 Å². The Balaban J connectivity index is 1.72. The third-order valence-corrected chi connectivity index (χ3v) is 5.64. The van der Waals surface area contributed by atoms with Gasteiger partial charge in [0.2, 0.25) is 0 Å². The van der Waals surface area contributed by atoms with Crippen molar-refractivity contribution in [3.63, 3.8) is 0 Å². The number of aromatic nitrogens is 2. The summed E-state index contributed by atoms with van der Waals surface area (Å²) in [5.41, 5.74) is 12.8. The third kappa shape index (κ3) is 2.24. The average Bonchev–Trinajstić information content (AvgIpc) is 3.11. The number of aromatic amines is 1. The fourth-order valence-electron chi connectivity index (χ4n) is 3.29. The number of allylic oxidation sites excluding steroid dienone is 1. The van der Waals surface area contributed by atoms with E-state index in [0.717, 1.165) is 35.3 Å². The lowest BCUT2D eigenvalue weighted by Crippen LogP contribution is -2.05. The molecule has 0 amide bonds. The number of hydrogen-bond acceptors (Lipinski definition) is 3. The van der Waals surface area contributed by atoms with E-state index in [0.29, 0.717) is 5.92 Å². The highest BCUT2D eigenvalue weighted by molar-refractivity contribution is 7.18. The molecular weight excluding hydrogens is 290 g/mol. The van der Waals surface area contributed by atoms with Crippen LogP contribution in [0.2, 0.25) is 0 Å². The van der Waals surface area contributed by atoms with E-state index in [4.69, 9.17) is 5.73 Å². The second kappa shape index (κ2) is 5.29. The predicted molar refractivity (Wildman–Crippen MR) is 94.2 cm³/mol. The molecule has 2 aromatic heterocycles. The van der Waals surface area contributed by atoms with Gasteiger partial charge in [-0.3, -0.25) is 5.10 Å². The number of thiophene rings is 1. The molecule has 112 valence electrons. The fraction of sp³-hybridized carbons (Fsp3) is 0.278. The van der Waals surface area contributed by atoms with Crippen LogP contribution < -0.4 is 5.73 Å². The number of nitrogens with one attached hydrogen (secondary N) is 1. The monoisotopic (exact) mass is 309 g/mol. The lowest BCUT2D eigenvalue weighted by atomic mass is 9.83. The van der Waals surface area contributed by atoms with E-state index < -0.39 is 0 Å². The molecule has 1 saturated carbocycles. The largest absolute Gasteiger partial charge is 0.399 e. The topological polar surface area (TPSA) is 54.7 Å². The molecule has 1 aliphatic carbocycles. The maximum atomic E-state index is 5.78. The second-order valence-corrected chi connectivity index (χ2v) is 6.99. The molecule has 1 fully saturated rings. The molecule has 0 saturated heterocycles. The average molecular weight is 309 g/mol. The molecule has 0 unspecified atom stereocenters. The van der Waals surface area contributed by atoms with Gasteiger partial charge in [0.05, 0.1) is 10.4 Å². The number of fused-ring (bicyclic) bond motifs is 1. The van der Waals surface area contributed by atoms with Gasteiger partial charge in [-0.05, 0) is 54.7 Å². The van der Waals surface area contributed by atoms with Crippen LogP contribution >= 0.6 is 11.3 Å². The number of nitrogen functional groups attached to an aromatic ring is 1. The van der Waals surface area contributed by atoms with Crippen molar-refractivity contribution in [1.82, 2.24) is 10.2 Å². The van der Waals surface area contributed by atoms with Gasteiger partial charge >= 0.3 is 0 Å². The van der Waals surface area contributed by atoms with Crippen LogP contribution in [0.5, 0.6) is 0 Å². The molecule has 3 aromatic rings. The molecule has 0 atom stereocenters. The number of benzene rings is 1. The van der Waals surface area contributed by atoms with Gasteiger partial charge in [0, 0.05) is 11.3 Å². The summed E-state index contributed by atoms with van der Waals surface area (Å²) in [6.45, 7) is 4.11. The van der Waals surface area contributed by atoms with Gasteiger partial charge in [0.25, 0.3) is 0 Å². The standard InChI is InChI=1S/C18H19N3S/c1-11-2-4-12(5-3-11)15-10-22-18-16(20-21-17(15)18)13-6-8-14(19)9-7-13/h6-10,12H,1-5,19H2,(H,20,21). The Morgan fingerprint density at radius 2 is 1.91 bits per heavy atom. The van der Waals surface area contributed by atoms with E-state index in [9.17, 15) is 0 Å². The summed E-state index contributed by atoms with van der Waals surface area (Å²) < 4.78 is 1.25. The van der Waals surface area contributed by atoms with Crippen LogP contribution in [-0.4, -0.2) is 10.2 Å². The summed E-state index contributed by atoms with van der Waals surface area (Å²) in [6, 6.07) is 7.96. The summed E-state index contributed by atoms with van der Waals surface area (Å²) >= 11 is 1.79. The van der Waals surface area contributed by atoms with E-state index in [-0.39, 0.29) is 0 Å². The Morgan fingerprint density at radius 3 is 2.64 bits per heavy atom. The van der Waals surface area contributed by atoms with Gasteiger partial charge < -0.3 is 5.73 Å². The first-order valence-corrected chi connectivity index (χ1v) is 8.58. The lowest BCUT2D eigenvalue weighted by molar-refractivity contribution is 0.521. The molecule has 1 aliphatic rings. The molecule has 0 aliphatic heterocycles. The smallest absolute Gasteiger partial charge is 0.107 e. The van der Waals surface area contributed by atoms with Crippen LogP contribution in [0.4, 0.5) is 5.69 Å². The van der Waals surface area contributed by atoms with E-state index in [1.54, 1.807) is 11.3 Å². The van der Waals surface area contributed by atoms with Crippen molar-refractivity contribution in [2.24, 2.45) is 0 Å². The van der Waals surface area contributed by atoms with Crippen molar-refractivity contribution >= 4 is 27.2 Å². The van der Waals surface area contributed by atoms with Crippen molar-refractivity contribution in [3.8, 4) is 11.3 Å². The highest BCUT2D eigenvalue weighted by Crippen LogP contribution is 2.42. The van der Waals surface area contributed by atoms with Crippen molar-refractivity contribution in [1.29, 1.82) is 0 Å². The Labute approximate surface area is 133 Å². The van der Waals surface area contributed by atoms with Crippen LogP contribution in [0, 0.1) is 0 Å². The minimum Gasteiger partial charge on any atom is -0.399 e. The van der Waals surface area contributed by atoms with Crippen LogP contribution in [0.15, 0.2) is 41.8 Å². The SMILES string of the molecule is C=C1CCC(c2csc3c(-c4ccc(N)cc4)[nH]nc23)CC1. The fourth-order valence-corrected chi connectivity index (χ4v) is 4.40. The molecule has 1 aromatic carbocycles. The van der Waals surface area contributed by atoms with E-state index in [2.05, 4.69) is 22.2 Å². The molecule has 0 radical (unpaired) electrons. The molecule has 4 rings (SSSR count). The minimum atomic E-state index is 0.627. The summed E-state index contributed by atoms with van der Waals surface area (Å²) in [6.07, 6.45) is 4.71. The normalized spacial score (nSPS) is 16.5. The van der Waals surface area contributed by atoms with E-state index >= 15 is 0 Å². The van der Waals surface area contributed by atoms with Gasteiger partial charge in [0.15, 0.2) is 0 Å². The molecule has 2 heterocycles. The van der Waals surface area contributed by atoms with Gasteiger partial charge in [-0.15, -0.1) is 11.3 Å². The van der Waals surface area contributed by atoms with Crippen LogP contribution in [0.3, 0.4) is 0 Å². The van der Waals surface area contributed by atoms with Crippen molar-refractivity contribution in [3.05, 3.63) is 47.4 Å². The number of nitrogens with zero attached hydrogens (tertiary/aromatic N) is 1. The first-order chi connectivity index (χ1) is 10.7. The highest BCUT2D eigenvalue weighted by atomic mass is 32.1. The minimum absolute atomic E-state index is 0.627. The van der Waals surface area contributed by atoms with Gasteiger partial charge in [0.1, 0.15) is 5.52 Å². The van der Waals surface area contributed by atoms with Gasteiger partial charge in [-0.1, -0.05) is 24.3 Å². The Morgan fingerprint density at radius 1 is 1.18 bits per heavy atom. The second-order valence-electron chi connectivity index (χ2n) is 6.11. The molecular formula is C18H19N3S. The van der Waals surface area contributed by atoms with Crippen molar-refractivity contribution in [2.75, 3.05) is 5.73 Å². The van der Waals surface area contributed by atoms with Crippen LogP contribution in [0.25, 0.3) is 21.5 Å². The number of H-pyrrole nitrogens is 1. The molecule has 3 N–H and O–H groups in total. The first kappa shape index (κ1) is 13.6. The molecule has 0 bridgehead atoms. The van der Waals surface area contributed by atoms with Crippen LogP contribution in [-0.2, 0) is 0 Å². The molecule has 4 heteroatoms. The highest BCUT2D eigenvalue weighted by Gasteiger charge is 2.23. The van der Waals surface area contributed by atoms with Crippen LogP contribution in [0.1, 0.15) is 37.2 Å². The summed E-state index contributed by atoms with van der Waals surface area (Å²) in [5.74, 6) is 0.627. The summed E-state index contributed by atoms with van der Waals surface area (Å²) in [4.78, 5) is 0. The van der Waals surface area contributed by atoms with E-state index in [1.165, 1.54) is 28.7 Å². The molecule has 0 spiro atoms. The Hall–Kier alpha value is -2.07. The number of rotatable bonds is 2. The Bertz CT molecular complexity index is 816. The Kier molecular flexibility index (Phi) is 3.26. The zero-order chi connectivity index (χ0) is 15.1. The maximum Gasteiger partial charge on any atom is 0.107 e. The summed E-state index contributed by atoms with van der Waals surface area (Å²) in [7, 11) is 0. The zero-order valence-corrected chi connectivity index (χ0v) is 13.2. The quantitative estimate of drug-likeness (QED) is 0.512. The zero-order valence-electron chi connectivity index (χ0n) is 12.4. The summed E-state index contributed by atoms with van der Waals surface area (Å²) in [5, 5.41) is 10.1. The van der Waals surface area contributed by atoms with Crippen molar-refractivity contribution < 1.29 is 0 Å². The number of hydrogen-bond donors (Lipinski definition) is 2. The maximum absolute atomic E-state index is 5.78. The molecule has 3 nitrogen and oxygen atoms in total. The number of nitrogens with two attached hydrogens (primary N) is 1. The number of anilines is 1. The van der Waals surface area contributed by atoms with Crippen molar-refractivity contribution in [2.45, 2.75) is 31.6 Å². The van der Waals surface area contributed by atoms with Gasteiger partial charge in [-0.25, -0.2) is 0 Å².